The minimum absolute atomic E-state index is 0.0499. The van der Waals surface area contributed by atoms with Gasteiger partial charge in [0.15, 0.2) is 6.10 Å². The first-order valence-corrected chi connectivity index (χ1v) is 29.4. The quantitative estimate of drug-likeness (QED) is 0.0264. The maximum Gasteiger partial charge on any atom is 0.472 e. The third kappa shape index (κ3) is 54.0. The highest BCUT2D eigenvalue weighted by atomic mass is 31.2. The van der Waals surface area contributed by atoms with Crippen molar-refractivity contribution in [2.24, 2.45) is 5.73 Å². The molecular weight excluding hydrogens is 894 g/mol. The zero-order valence-electron chi connectivity index (χ0n) is 44.5. The van der Waals surface area contributed by atoms with E-state index in [1.54, 1.807) is 0 Å². The summed E-state index contributed by atoms with van der Waals surface area (Å²) in [7, 11) is -4.38. The van der Waals surface area contributed by atoms with Gasteiger partial charge in [-0.25, -0.2) is 4.57 Å². The second kappa shape index (κ2) is 55.0. The van der Waals surface area contributed by atoms with Crippen LogP contribution in [0.15, 0.2) is 109 Å². The maximum atomic E-state index is 12.6. The Labute approximate surface area is 429 Å². The molecule has 0 spiro atoms. The molecule has 0 bridgehead atoms. The summed E-state index contributed by atoms with van der Waals surface area (Å²) >= 11 is 0. The summed E-state index contributed by atoms with van der Waals surface area (Å²) in [5.74, 6) is -0.835. The van der Waals surface area contributed by atoms with Crippen molar-refractivity contribution in [3.05, 3.63) is 109 Å². The molecule has 400 valence electrons. The van der Waals surface area contributed by atoms with Crippen LogP contribution >= 0.6 is 7.82 Å². The minimum Gasteiger partial charge on any atom is -0.462 e. The standard InChI is InChI=1S/C60H102NO8P/c1-3-5-7-9-11-13-15-16-17-18-19-20-21-22-23-24-25-26-27-28-29-30-31-32-33-34-35-36-37-38-39-40-41-42-43-45-47-49-51-53-60(63)69-58(57-68-70(64,65)67-55-54-61)56-66-59(62)52-50-48-46-44-14-12-10-8-6-4-2/h5,7,11,13,16-17,19-20,22-23,25-26,28-29,31-32,34-35,58H,3-4,6,8-10,12,14-15,18,21,24,27,30,33,36-57,61H2,1-2H3,(H,64,65)/b7-5-,13-11-,17-16-,20-19-,23-22-,26-25-,29-28-,32-31-,35-34-. The largest absolute Gasteiger partial charge is 0.472 e. The number of esters is 2. The minimum atomic E-state index is -4.38. The molecule has 3 N–H and O–H groups in total. The number of unbranched alkanes of at least 4 members (excludes halogenated alkanes) is 20. The molecule has 0 amide bonds. The van der Waals surface area contributed by atoms with E-state index in [0.717, 1.165) is 103 Å². The first-order chi connectivity index (χ1) is 34.3. The molecule has 0 rings (SSSR count). The molecule has 0 aliphatic heterocycles. The van der Waals surface area contributed by atoms with Crippen LogP contribution in [-0.4, -0.2) is 49.3 Å². The molecule has 0 radical (unpaired) electrons. The topological polar surface area (TPSA) is 134 Å². The maximum absolute atomic E-state index is 12.6. The molecule has 0 aliphatic rings. The third-order valence-corrected chi connectivity index (χ3v) is 12.4. The van der Waals surface area contributed by atoms with Gasteiger partial charge in [-0.2, -0.15) is 0 Å². The molecule has 2 unspecified atom stereocenters. The molecule has 0 aromatic heterocycles. The Hall–Kier alpha value is -3.33. The van der Waals surface area contributed by atoms with Crippen LogP contribution in [0.2, 0.25) is 0 Å². The summed E-state index contributed by atoms with van der Waals surface area (Å²) in [6.45, 7) is 3.60. The van der Waals surface area contributed by atoms with Crippen molar-refractivity contribution in [1.29, 1.82) is 0 Å². The van der Waals surface area contributed by atoms with Gasteiger partial charge in [0.1, 0.15) is 6.61 Å². The number of hydrogen-bond acceptors (Lipinski definition) is 8. The van der Waals surface area contributed by atoms with Gasteiger partial charge >= 0.3 is 19.8 Å². The summed E-state index contributed by atoms with van der Waals surface area (Å²) in [5.41, 5.74) is 5.36. The molecule has 0 aromatic carbocycles. The molecule has 10 heteroatoms. The molecule has 0 fully saturated rings. The van der Waals surface area contributed by atoms with Crippen molar-refractivity contribution in [2.45, 2.75) is 232 Å². The van der Waals surface area contributed by atoms with Gasteiger partial charge in [0.05, 0.1) is 13.2 Å². The van der Waals surface area contributed by atoms with Gasteiger partial charge in [-0.1, -0.05) is 239 Å². The summed E-state index contributed by atoms with van der Waals surface area (Å²) in [6.07, 6.45) is 74.4. The average Bonchev–Trinajstić information content (AvgIpc) is 3.35. The molecule has 0 heterocycles. The Morgan fingerprint density at radius 1 is 0.443 bits per heavy atom. The zero-order chi connectivity index (χ0) is 51.0. The van der Waals surface area contributed by atoms with Crippen LogP contribution in [0.3, 0.4) is 0 Å². The molecule has 0 aliphatic carbocycles. The van der Waals surface area contributed by atoms with Crippen LogP contribution in [-0.2, 0) is 32.7 Å². The molecule has 0 saturated carbocycles. The Kier molecular flexibility index (Phi) is 52.4. The van der Waals surface area contributed by atoms with E-state index in [9.17, 15) is 19.0 Å². The number of nitrogens with two attached hydrogens (primary N) is 1. The van der Waals surface area contributed by atoms with Gasteiger partial charge in [0.25, 0.3) is 0 Å². The Bertz CT molecular complexity index is 1510. The van der Waals surface area contributed by atoms with Crippen molar-refractivity contribution in [3.63, 3.8) is 0 Å². The Balaban J connectivity index is 3.91. The van der Waals surface area contributed by atoms with Gasteiger partial charge in [-0.3, -0.25) is 18.6 Å². The van der Waals surface area contributed by atoms with E-state index in [1.807, 2.05) is 0 Å². The van der Waals surface area contributed by atoms with E-state index >= 15 is 0 Å². The molecule has 70 heavy (non-hydrogen) atoms. The second-order valence-electron chi connectivity index (χ2n) is 18.1. The fourth-order valence-corrected chi connectivity index (χ4v) is 8.10. The highest BCUT2D eigenvalue weighted by molar-refractivity contribution is 7.47. The van der Waals surface area contributed by atoms with Gasteiger partial charge in [0.2, 0.25) is 0 Å². The van der Waals surface area contributed by atoms with Crippen LogP contribution in [0.4, 0.5) is 0 Å². The molecule has 9 nitrogen and oxygen atoms in total. The lowest BCUT2D eigenvalue weighted by molar-refractivity contribution is -0.161. The van der Waals surface area contributed by atoms with E-state index in [0.29, 0.717) is 6.42 Å². The highest BCUT2D eigenvalue weighted by Gasteiger charge is 2.26. The first-order valence-electron chi connectivity index (χ1n) is 27.9. The first kappa shape index (κ1) is 66.7. The highest BCUT2D eigenvalue weighted by Crippen LogP contribution is 2.43. The van der Waals surface area contributed by atoms with Gasteiger partial charge in [0, 0.05) is 19.4 Å². The number of phosphoric ester groups is 1. The third-order valence-electron chi connectivity index (χ3n) is 11.4. The number of carbonyl (C=O) groups excluding carboxylic acids is 2. The molecule has 2 atom stereocenters. The van der Waals surface area contributed by atoms with Crippen LogP contribution in [0.5, 0.6) is 0 Å². The molecule has 0 aromatic rings. The summed E-state index contributed by atoms with van der Waals surface area (Å²) in [6, 6.07) is 0. The van der Waals surface area contributed by atoms with E-state index in [-0.39, 0.29) is 38.6 Å². The van der Waals surface area contributed by atoms with Gasteiger partial charge in [-0.05, 0) is 83.5 Å². The van der Waals surface area contributed by atoms with E-state index < -0.39 is 26.5 Å². The van der Waals surface area contributed by atoms with Crippen molar-refractivity contribution < 1.29 is 37.6 Å². The second-order valence-corrected chi connectivity index (χ2v) is 19.5. The Morgan fingerprint density at radius 2 is 0.786 bits per heavy atom. The number of hydrogen-bond donors (Lipinski definition) is 2. The van der Waals surface area contributed by atoms with Crippen molar-refractivity contribution in [1.82, 2.24) is 0 Å². The Morgan fingerprint density at radius 3 is 1.17 bits per heavy atom. The molecule has 0 saturated heterocycles. The predicted octanol–water partition coefficient (Wildman–Crippen LogP) is 17.5. The smallest absolute Gasteiger partial charge is 0.462 e. The van der Waals surface area contributed by atoms with Crippen molar-refractivity contribution in [2.75, 3.05) is 26.4 Å². The predicted molar refractivity (Wildman–Crippen MR) is 298 cm³/mol. The van der Waals surface area contributed by atoms with Crippen LogP contribution in [0.25, 0.3) is 0 Å². The summed E-state index contributed by atoms with van der Waals surface area (Å²) in [5, 5.41) is 0. The van der Waals surface area contributed by atoms with E-state index in [2.05, 4.69) is 123 Å². The van der Waals surface area contributed by atoms with E-state index in [1.165, 1.54) is 89.9 Å². The van der Waals surface area contributed by atoms with Crippen molar-refractivity contribution >= 4 is 19.8 Å². The van der Waals surface area contributed by atoms with Crippen molar-refractivity contribution in [3.8, 4) is 0 Å². The summed E-state index contributed by atoms with van der Waals surface area (Å²) < 4.78 is 32.9. The fourth-order valence-electron chi connectivity index (χ4n) is 7.33. The lowest BCUT2D eigenvalue weighted by Crippen LogP contribution is -2.29. The number of allylic oxidation sites excluding steroid dienone is 18. The van der Waals surface area contributed by atoms with Gasteiger partial charge in [-0.15, -0.1) is 0 Å². The lowest BCUT2D eigenvalue weighted by Gasteiger charge is -2.19. The van der Waals surface area contributed by atoms with Gasteiger partial charge < -0.3 is 20.1 Å². The number of ether oxygens (including phenoxy) is 2. The number of rotatable bonds is 51. The number of carbonyl (C=O) groups is 2. The van der Waals surface area contributed by atoms with Crippen LogP contribution in [0.1, 0.15) is 226 Å². The normalized spacial score (nSPS) is 13.9. The zero-order valence-corrected chi connectivity index (χ0v) is 45.4. The SMILES string of the molecule is CC/C=C\C/C=C\C/C=C\C/C=C\C/C=C\C/C=C\C/C=C\C/C=C\C/C=C\CCCCCCCCCCCCCC(=O)OC(COC(=O)CCCCCCCCCCCC)COP(=O)(O)OCCN. The lowest BCUT2D eigenvalue weighted by atomic mass is 10.0. The average molecular weight is 996 g/mol. The molecular formula is C60H102NO8P. The fraction of sp³-hybridized carbons (Fsp3) is 0.667. The monoisotopic (exact) mass is 996 g/mol. The van der Waals surface area contributed by atoms with Crippen LogP contribution < -0.4 is 5.73 Å². The number of phosphoric acid groups is 1. The van der Waals surface area contributed by atoms with Crippen LogP contribution in [0, 0.1) is 0 Å². The van der Waals surface area contributed by atoms with E-state index in [4.69, 9.17) is 24.3 Å². The summed E-state index contributed by atoms with van der Waals surface area (Å²) in [4.78, 5) is 34.9.